The predicted octanol–water partition coefficient (Wildman–Crippen LogP) is 2.42. The molecule has 0 unspecified atom stereocenters. The Bertz CT molecular complexity index is 496. The zero-order valence-electron chi connectivity index (χ0n) is 7.45. The largest absolute Gasteiger partial charge is 0.502 e. The molecule has 15 heavy (non-hydrogen) atoms. The summed E-state index contributed by atoms with van der Waals surface area (Å²) >= 11 is 1.39. The number of benzene rings is 1. The van der Waals surface area contributed by atoms with E-state index in [1.165, 1.54) is 23.5 Å². The van der Waals surface area contributed by atoms with Gasteiger partial charge >= 0.3 is 5.69 Å². The highest BCUT2D eigenvalue weighted by molar-refractivity contribution is 7.13. The van der Waals surface area contributed by atoms with Gasteiger partial charge in [0.2, 0.25) is 0 Å². The zero-order chi connectivity index (χ0) is 10.8. The summed E-state index contributed by atoms with van der Waals surface area (Å²) < 4.78 is 0. The second-order valence-electron chi connectivity index (χ2n) is 2.83. The molecule has 0 radical (unpaired) electrons. The minimum atomic E-state index is -0.611. The van der Waals surface area contributed by atoms with Crippen LogP contribution >= 0.6 is 11.3 Å². The topological polar surface area (TPSA) is 76.3 Å². The molecule has 1 aromatic heterocycles. The molecule has 5 nitrogen and oxygen atoms in total. The second-order valence-corrected chi connectivity index (χ2v) is 3.71. The molecule has 76 valence electrons. The van der Waals surface area contributed by atoms with Crippen LogP contribution < -0.4 is 0 Å². The minimum Gasteiger partial charge on any atom is -0.502 e. The lowest BCUT2D eigenvalue weighted by molar-refractivity contribution is -0.385. The van der Waals surface area contributed by atoms with Crippen LogP contribution in [0.5, 0.6) is 5.75 Å². The van der Waals surface area contributed by atoms with Crippen molar-refractivity contribution in [3.63, 3.8) is 0 Å². The number of rotatable bonds is 2. The number of aromatic hydroxyl groups is 1. The Labute approximate surface area is 88.8 Å². The van der Waals surface area contributed by atoms with E-state index in [0.29, 0.717) is 5.56 Å². The highest BCUT2D eigenvalue weighted by Gasteiger charge is 2.14. The molecular weight excluding hydrogens is 216 g/mol. The molecule has 2 aromatic rings. The van der Waals surface area contributed by atoms with Crippen LogP contribution in [0.1, 0.15) is 0 Å². The van der Waals surface area contributed by atoms with Gasteiger partial charge in [0, 0.05) is 17.8 Å². The number of nitro groups is 1. The maximum atomic E-state index is 10.6. The number of aromatic nitrogens is 1. The summed E-state index contributed by atoms with van der Waals surface area (Å²) in [5.41, 5.74) is 2.04. The van der Waals surface area contributed by atoms with Crippen LogP contribution in [0.25, 0.3) is 10.4 Å². The van der Waals surface area contributed by atoms with Crippen molar-refractivity contribution in [1.82, 2.24) is 4.98 Å². The van der Waals surface area contributed by atoms with E-state index in [0.717, 1.165) is 4.88 Å². The molecule has 0 aliphatic heterocycles. The van der Waals surface area contributed by atoms with Gasteiger partial charge in [0.25, 0.3) is 0 Å². The molecule has 1 N–H and O–H groups in total. The summed E-state index contributed by atoms with van der Waals surface area (Å²) in [6.07, 6.45) is 1.63. The van der Waals surface area contributed by atoms with Gasteiger partial charge in [-0.25, -0.2) is 0 Å². The van der Waals surface area contributed by atoms with Gasteiger partial charge in [0.05, 0.1) is 15.3 Å². The third-order valence-electron chi connectivity index (χ3n) is 1.89. The number of hydrogen-bond donors (Lipinski definition) is 1. The van der Waals surface area contributed by atoms with E-state index in [2.05, 4.69) is 4.98 Å². The first-order valence-corrected chi connectivity index (χ1v) is 4.92. The van der Waals surface area contributed by atoms with Crippen molar-refractivity contribution in [2.45, 2.75) is 0 Å². The Morgan fingerprint density at radius 2 is 2.27 bits per heavy atom. The summed E-state index contributed by atoms with van der Waals surface area (Å²) in [7, 11) is 0. The first kappa shape index (κ1) is 9.60. The van der Waals surface area contributed by atoms with Crippen molar-refractivity contribution in [2.24, 2.45) is 0 Å². The highest BCUT2D eigenvalue weighted by atomic mass is 32.1. The number of nitro benzene ring substituents is 1. The van der Waals surface area contributed by atoms with Crippen molar-refractivity contribution in [3.05, 3.63) is 40.0 Å². The Hall–Kier alpha value is -1.95. The van der Waals surface area contributed by atoms with Crippen LogP contribution in [-0.2, 0) is 0 Å². The summed E-state index contributed by atoms with van der Waals surface area (Å²) in [6.45, 7) is 0. The molecule has 0 aliphatic carbocycles. The average Bonchev–Trinajstić information content (AvgIpc) is 2.71. The molecule has 0 saturated carbocycles. The van der Waals surface area contributed by atoms with E-state index in [-0.39, 0.29) is 11.4 Å². The Morgan fingerprint density at radius 3 is 2.87 bits per heavy atom. The predicted molar refractivity (Wildman–Crippen MR) is 55.9 cm³/mol. The average molecular weight is 222 g/mol. The third-order valence-corrected chi connectivity index (χ3v) is 2.71. The minimum absolute atomic E-state index is 0.291. The Balaban J connectivity index is 2.52. The normalized spacial score (nSPS) is 10.1. The van der Waals surface area contributed by atoms with Gasteiger partial charge in [-0.3, -0.25) is 15.1 Å². The van der Waals surface area contributed by atoms with Gasteiger partial charge < -0.3 is 5.11 Å². The number of hydrogen-bond acceptors (Lipinski definition) is 5. The molecule has 0 saturated heterocycles. The third kappa shape index (κ3) is 1.79. The molecular formula is C9H6N2O3S. The van der Waals surface area contributed by atoms with E-state index in [1.54, 1.807) is 17.8 Å². The van der Waals surface area contributed by atoms with Gasteiger partial charge in [-0.15, -0.1) is 11.3 Å². The lowest BCUT2D eigenvalue weighted by Crippen LogP contribution is -1.88. The van der Waals surface area contributed by atoms with Crippen molar-refractivity contribution in [1.29, 1.82) is 0 Å². The van der Waals surface area contributed by atoms with Crippen molar-refractivity contribution in [2.75, 3.05) is 0 Å². The summed E-state index contributed by atoms with van der Waals surface area (Å²) in [6, 6.07) is 4.27. The van der Waals surface area contributed by atoms with Gasteiger partial charge in [-0.2, -0.15) is 0 Å². The van der Waals surface area contributed by atoms with Crippen molar-refractivity contribution < 1.29 is 10.0 Å². The molecule has 0 atom stereocenters. The molecule has 6 heteroatoms. The summed E-state index contributed by atoms with van der Waals surface area (Å²) in [5, 5.41) is 19.8. The first-order valence-electron chi connectivity index (χ1n) is 4.05. The van der Waals surface area contributed by atoms with Crippen molar-refractivity contribution >= 4 is 17.0 Å². The van der Waals surface area contributed by atoms with Crippen LogP contribution in [0, 0.1) is 10.1 Å². The number of phenols is 1. The summed E-state index contributed by atoms with van der Waals surface area (Å²) in [4.78, 5) is 14.7. The fraction of sp³-hybridized carbons (Fsp3) is 0. The fourth-order valence-electron chi connectivity index (χ4n) is 1.18. The van der Waals surface area contributed by atoms with E-state index >= 15 is 0 Å². The molecule has 0 bridgehead atoms. The number of nitrogens with zero attached hydrogens (tertiary/aromatic N) is 2. The standard InChI is InChI=1S/C9H6N2O3S/c12-8-2-1-6(3-7(8)11(13)14)9-4-10-5-15-9/h1-5,12H. The zero-order valence-corrected chi connectivity index (χ0v) is 8.27. The van der Waals surface area contributed by atoms with Crippen LogP contribution in [0.4, 0.5) is 5.69 Å². The van der Waals surface area contributed by atoms with E-state index < -0.39 is 4.92 Å². The van der Waals surface area contributed by atoms with Crippen molar-refractivity contribution in [3.8, 4) is 16.2 Å². The lowest BCUT2D eigenvalue weighted by Gasteiger charge is -1.98. The quantitative estimate of drug-likeness (QED) is 0.625. The maximum Gasteiger partial charge on any atom is 0.311 e. The second kappa shape index (κ2) is 3.66. The summed E-state index contributed by atoms with van der Waals surface area (Å²) in [5.74, 6) is -0.326. The van der Waals surface area contributed by atoms with E-state index in [1.807, 2.05) is 0 Å². The first-order chi connectivity index (χ1) is 7.18. The fourth-order valence-corrected chi connectivity index (χ4v) is 1.80. The monoisotopic (exact) mass is 222 g/mol. The molecule has 0 aliphatic rings. The molecule has 0 spiro atoms. The van der Waals surface area contributed by atoms with E-state index in [9.17, 15) is 15.2 Å². The van der Waals surface area contributed by atoms with Crippen LogP contribution in [-0.4, -0.2) is 15.0 Å². The lowest BCUT2D eigenvalue weighted by atomic mass is 10.1. The van der Waals surface area contributed by atoms with E-state index in [4.69, 9.17) is 0 Å². The smallest absolute Gasteiger partial charge is 0.311 e. The van der Waals surface area contributed by atoms with Gasteiger partial charge in [-0.1, -0.05) is 0 Å². The van der Waals surface area contributed by atoms with Gasteiger partial charge in [0.15, 0.2) is 5.75 Å². The maximum absolute atomic E-state index is 10.6. The molecule has 1 heterocycles. The van der Waals surface area contributed by atoms with Gasteiger partial charge in [0.1, 0.15) is 0 Å². The van der Waals surface area contributed by atoms with Gasteiger partial charge in [-0.05, 0) is 12.1 Å². The molecule has 1 aromatic carbocycles. The molecule has 2 rings (SSSR count). The van der Waals surface area contributed by atoms with Crippen LogP contribution in [0.2, 0.25) is 0 Å². The number of thiazole rings is 1. The molecule has 0 amide bonds. The highest BCUT2D eigenvalue weighted by Crippen LogP contribution is 2.32. The Morgan fingerprint density at radius 1 is 1.47 bits per heavy atom. The number of phenolic OH excluding ortho intramolecular Hbond substituents is 1. The molecule has 0 fully saturated rings. The SMILES string of the molecule is O=[N+]([O-])c1cc(-c2cncs2)ccc1O. The van der Waals surface area contributed by atoms with Crippen LogP contribution in [0.15, 0.2) is 29.9 Å². The van der Waals surface area contributed by atoms with Crippen LogP contribution in [0.3, 0.4) is 0 Å². The Kier molecular flexibility index (Phi) is 2.34.